The second-order valence-corrected chi connectivity index (χ2v) is 5.33. The van der Waals surface area contributed by atoms with Gasteiger partial charge in [0.05, 0.1) is 10.5 Å². The zero-order valence-electron chi connectivity index (χ0n) is 12.8. The van der Waals surface area contributed by atoms with Crippen LogP contribution in [-0.2, 0) is 9.53 Å². The number of anilines is 1. The molecule has 0 saturated carbocycles. The van der Waals surface area contributed by atoms with Gasteiger partial charge in [-0.05, 0) is 19.1 Å². The predicted molar refractivity (Wildman–Crippen MR) is 88.7 cm³/mol. The summed E-state index contributed by atoms with van der Waals surface area (Å²) >= 11 is 5.64. The molecule has 0 aliphatic heterocycles. The average molecular weight is 366 g/mol. The van der Waals surface area contributed by atoms with Crippen molar-refractivity contribution in [1.82, 2.24) is 4.98 Å². The van der Waals surface area contributed by atoms with Crippen molar-refractivity contribution in [1.29, 1.82) is 0 Å². The molecular formula is C15H12ClN3O6. The fourth-order valence-corrected chi connectivity index (χ4v) is 2.06. The SMILES string of the molecule is CC(OC(=O)c1cc(Cl)[nH]c(=O)c1)C(=O)Nc1cccc([N+](=O)[O-])c1. The van der Waals surface area contributed by atoms with Crippen molar-refractivity contribution in [3.8, 4) is 0 Å². The van der Waals surface area contributed by atoms with E-state index in [0.717, 1.165) is 6.07 Å². The first-order valence-corrected chi connectivity index (χ1v) is 7.30. The molecule has 1 amide bonds. The van der Waals surface area contributed by atoms with Crippen LogP contribution < -0.4 is 10.9 Å². The van der Waals surface area contributed by atoms with Crippen LogP contribution in [0.3, 0.4) is 0 Å². The van der Waals surface area contributed by atoms with Gasteiger partial charge in [-0.15, -0.1) is 0 Å². The van der Waals surface area contributed by atoms with Gasteiger partial charge in [0.2, 0.25) is 5.56 Å². The van der Waals surface area contributed by atoms with E-state index in [-0.39, 0.29) is 22.1 Å². The monoisotopic (exact) mass is 365 g/mol. The number of pyridine rings is 1. The molecule has 9 nitrogen and oxygen atoms in total. The first-order chi connectivity index (χ1) is 11.8. The van der Waals surface area contributed by atoms with Gasteiger partial charge in [-0.3, -0.25) is 19.7 Å². The number of hydrogen-bond acceptors (Lipinski definition) is 6. The highest BCUT2D eigenvalue weighted by Crippen LogP contribution is 2.17. The second-order valence-electron chi connectivity index (χ2n) is 4.93. The maximum absolute atomic E-state index is 12.0. The van der Waals surface area contributed by atoms with Crippen molar-refractivity contribution >= 4 is 34.9 Å². The molecule has 130 valence electrons. The molecule has 0 aliphatic rings. The van der Waals surface area contributed by atoms with Crippen LogP contribution in [0.4, 0.5) is 11.4 Å². The minimum absolute atomic E-state index is 0.0480. The van der Waals surface area contributed by atoms with Crippen molar-refractivity contribution in [3.05, 3.63) is 67.6 Å². The molecule has 1 unspecified atom stereocenters. The number of nitro benzene ring substituents is 1. The molecule has 2 aromatic rings. The van der Waals surface area contributed by atoms with E-state index in [1.54, 1.807) is 0 Å². The van der Waals surface area contributed by atoms with Crippen LogP contribution in [0.5, 0.6) is 0 Å². The third kappa shape index (κ3) is 4.88. The number of carbonyl (C=O) groups excluding carboxylic acids is 2. The molecule has 0 fully saturated rings. The highest BCUT2D eigenvalue weighted by Gasteiger charge is 2.20. The third-order valence-electron chi connectivity index (χ3n) is 3.02. The fraction of sp³-hybridized carbons (Fsp3) is 0.133. The molecule has 2 N–H and O–H groups in total. The zero-order valence-corrected chi connectivity index (χ0v) is 13.6. The summed E-state index contributed by atoms with van der Waals surface area (Å²) in [7, 11) is 0. The smallest absolute Gasteiger partial charge is 0.339 e. The molecule has 1 aromatic carbocycles. The number of carbonyl (C=O) groups is 2. The van der Waals surface area contributed by atoms with E-state index in [1.807, 2.05) is 0 Å². The van der Waals surface area contributed by atoms with Crippen LogP contribution in [0.25, 0.3) is 0 Å². The lowest BCUT2D eigenvalue weighted by Gasteiger charge is -2.13. The van der Waals surface area contributed by atoms with E-state index < -0.39 is 28.5 Å². The van der Waals surface area contributed by atoms with E-state index >= 15 is 0 Å². The van der Waals surface area contributed by atoms with Crippen molar-refractivity contribution in [2.24, 2.45) is 0 Å². The molecule has 0 spiro atoms. The van der Waals surface area contributed by atoms with Crippen molar-refractivity contribution < 1.29 is 19.2 Å². The number of aromatic nitrogens is 1. The molecule has 10 heteroatoms. The molecule has 1 atom stereocenters. The lowest BCUT2D eigenvalue weighted by atomic mass is 10.2. The number of esters is 1. The molecule has 0 bridgehead atoms. The molecule has 0 radical (unpaired) electrons. The van der Waals surface area contributed by atoms with Crippen molar-refractivity contribution in [2.45, 2.75) is 13.0 Å². The highest BCUT2D eigenvalue weighted by atomic mass is 35.5. The third-order valence-corrected chi connectivity index (χ3v) is 3.23. The summed E-state index contributed by atoms with van der Waals surface area (Å²) in [6.07, 6.45) is -1.20. The number of amides is 1. The van der Waals surface area contributed by atoms with E-state index in [1.165, 1.54) is 37.3 Å². The number of hydrogen-bond donors (Lipinski definition) is 2. The van der Waals surface area contributed by atoms with Crippen molar-refractivity contribution in [3.63, 3.8) is 0 Å². The largest absolute Gasteiger partial charge is 0.449 e. The Morgan fingerprint density at radius 1 is 1.32 bits per heavy atom. The van der Waals surface area contributed by atoms with Gasteiger partial charge in [0.15, 0.2) is 6.10 Å². The number of rotatable bonds is 5. The van der Waals surface area contributed by atoms with Crippen LogP contribution in [0, 0.1) is 10.1 Å². The number of halogens is 1. The maximum atomic E-state index is 12.0. The Kier molecular flexibility index (Phi) is 5.50. The summed E-state index contributed by atoms with van der Waals surface area (Å²) in [6.45, 7) is 1.32. The number of nitrogens with zero attached hydrogens (tertiary/aromatic N) is 1. The molecular weight excluding hydrogens is 354 g/mol. The van der Waals surface area contributed by atoms with Crippen LogP contribution in [-0.4, -0.2) is 27.9 Å². The molecule has 25 heavy (non-hydrogen) atoms. The van der Waals surface area contributed by atoms with E-state index in [2.05, 4.69) is 10.3 Å². The Balaban J connectivity index is 2.05. The van der Waals surface area contributed by atoms with Gasteiger partial charge in [-0.1, -0.05) is 17.7 Å². The first kappa shape index (κ1) is 18.1. The summed E-state index contributed by atoms with van der Waals surface area (Å²) in [6, 6.07) is 7.48. The Morgan fingerprint density at radius 2 is 2.04 bits per heavy atom. The van der Waals surface area contributed by atoms with Gasteiger partial charge in [-0.2, -0.15) is 0 Å². The molecule has 1 heterocycles. The van der Waals surface area contributed by atoms with Gasteiger partial charge in [0.25, 0.3) is 11.6 Å². The topological polar surface area (TPSA) is 131 Å². The van der Waals surface area contributed by atoms with Gasteiger partial charge < -0.3 is 15.0 Å². The predicted octanol–water partition coefficient (Wildman–Crippen LogP) is 2.12. The zero-order chi connectivity index (χ0) is 18.6. The first-order valence-electron chi connectivity index (χ1n) is 6.92. The number of benzene rings is 1. The number of nitrogens with one attached hydrogen (secondary N) is 2. The summed E-state index contributed by atoms with van der Waals surface area (Å²) in [5.74, 6) is -1.60. The second kappa shape index (κ2) is 7.58. The molecule has 0 saturated heterocycles. The Labute approximate surface area is 145 Å². The quantitative estimate of drug-likeness (QED) is 0.361. The Hall–Kier alpha value is -3.20. The highest BCUT2D eigenvalue weighted by molar-refractivity contribution is 6.29. The average Bonchev–Trinajstić information content (AvgIpc) is 2.54. The van der Waals surface area contributed by atoms with E-state index in [9.17, 15) is 24.5 Å². The Morgan fingerprint density at radius 3 is 2.68 bits per heavy atom. The van der Waals surface area contributed by atoms with Gasteiger partial charge in [-0.25, -0.2) is 4.79 Å². The molecule has 1 aromatic heterocycles. The fourth-order valence-electron chi connectivity index (χ4n) is 1.85. The van der Waals surface area contributed by atoms with Crippen LogP contribution >= 0.6 is 11.6 Å². The lowest BCUT2D eigenvalue weighted by Crippen LogP contribution is -2.30. The summed E-state index contributed by atoms with van der Waals surface area (Å²) in [4.78, 5) is 47.6. The van der Waals surface area contributed by atoms with Crippen LogP contribution in [0.15, 0.2) is 41.2 Å². The number of ether oxygens (including phenoxy) is 1. The Bertz CT molecular complexity index is 895. The minimum Gasteiger partial charge on any atom is -0.449 e. The van der Waals surface area contributed by atoms with Crippen LogP contribution in [0.1, 0.15) is 17.3 Å². The minimum atomic E-state index is -1.20. The normalized spacial score (nSPS) is 11.4. The van der Waals surface area contributed by atoms with Gasteiger partial charge in [0.1, 0.15) is 5.15 Å². The van der Waals surface area contributed by atoms with Gasteiger partial charge in [0, 0.05) is 23.9 Å². The number of nitro groups is 1. The van der Waals surface area contributed by atoms with E-state index in [0.29, 0.717) is 0 Å². The van der Waals surface area contributed by atoms with E-state index in [4.69, 9.17) is 16.3 Å². The molecule has 2 rings (SSSR count). The number of aromatic amines is 1. The summed E-state index contributed by atoms with van der Waals surface area (Å²) in [5, 5.41) is 13.1. The number of non-ortho nitro benzene ring substituents is 1. The summed E-state index contributed by atoms with van der Waals surface area (Å²) < 4.78 is 4.96. The number of H-pyrrole nitrogens is 1. The lowest BCUT2D eigenvalue weighted by molar-refractivity contribution is -0.384. The maximum Gasteiger partial charge on any atom is 0.339 e. The molecule has 0 aliphatic carbocycles. The van der Waals surface area contributed by atoms with Crippen LogP contribution in [0.2, 0.25) is 5.15 Å². The van der Waals surface area contributed by atoms with Gasteiger partial charge >= 0.3 is 5.97 Å². The van der Waals surface area contributed by atoms with Crippen molar-refractivity contribution in [2.75, 3.05) is 5.32 Å². The summed E-state index contributed by atoms with van der Waals surface area (Å²) in [5.41, 5.74) is -0.709. The standard InChI is InChI=1S/C15H12ClN3O6/c1-8(25-15(22)9-5-12(16)18-13(20)6-9)14(21)17-10-3-2-4-11(7-10)19(23)24/h2-8H,1H3,(H,17,21)(H,18,20).